The number of nitrogens with zero attached hydrogens (tertiary/aromatic N) is 1. The average molecular weight is 188 g/mol. The zero-order chi connectivity index (χ0) is 6.69. The molecular formula is C6H6BrNO. The fourth-order valence-electron chi connectivity index (χ4n) is 0.622. The van der Waals surface area contributed by atoms with Gasteiger partial charge in [-0.1, -0.05) is 27.2 Å². The van der Waals surface area contributed by atoms with Crippen molar-refractivity contribution in [2.24, 2.45) is 5.16 Å². The Bertz CT molecular complexity index is 193. The average Bonchev–Trinajstić information content (AvgIpc) is 1.88. The van der Waals surface area contributed by atoms with Gasteiger partial charge in [0.25, 0.3) is 0 Å². The molecule has 0 bridgehead atoms. The molecule has 1 aliphatic rings. The van der Waals surface area contributed by atoms with Crippen molar-refractivity contribution >= 4 is 21.6 Å². The van der Waals surface area contributed by atoms with Crippen molar-refractivity contribution < 1.29 is 5.21 Å². The van der Waals surface area contributed by atoms with E-state index >= 15 is 0 Å². The van der Waals surface area contributed by atoms with Crippen LogP contribution in [0.3, 0.4) is 0 Å². The van der Waals surface area contributed by atoms with Crippen LogP contribution in [-0.2, 0) is 0 Å². The summed E-state index contributed by atoms with van der Waals surface area (Å²) in [5.74, 6) is 0. The standard InChI is InChI=1S/C6H6BrNO/c7-5-2-1-3-6(4-5)8-9/h1,3-4,9H,2H2. The van der Waals surface area contributed by atoms with Crippen LogP contribution in [0.5, 0.6) is 0 Å². The van der Waals surface area contributed by atoms with E-state index in [2.05, 4.69) is 21.1 Å². The second kappa shape index (κ2) is 2.82. The van der Waals surface area contributed by atoms with Crippen molar-refractivity contribution in [3.05, 3.63) is 22.7 Å². The molecule has 0 aromatic rings. The molecule has 0 amide bonds. The summed E-state index contributed by atoms with van der Waals surface area (Å²) in [5.41, 5.74) is 0.591. The molecule has 0 spiro atoms. The third-order valence-electron chi connectivity index (χ3n) is 1.02. The van der Waals surface area contributed by atoms with Crippen LogP contribution in [0.25, 0.3) is 0 Å². The van der Waals surface area contributed by atoms with E-state index in [-0.39, 0.29) is 0 Å². The van der Waals surface area contributed by atoms with Crippen LogP contribution in [0.1, 0.15) is 6.42 Å². The molecular weight excluding hydrogens is 182 g/mol. The zero-order valence-corrected chi connectivity index (χ0v) is 6.30. The van der Waals surface area contributed by atoms with Gasteiger partial charge in [0.1, 0.15) is 5.71 Å². The normalized spacial score (nSPS) is 22.3. The third kappa shape index (κ3) is 1.68. The van der Waals surface area contributed by atoms with Gasteiger partial charge in [-0.2, -0.15) is 0 Å². The van der Waals surface area contributed by atoms with Crippen molar-refractivity contribution in [3.63, 3.8) is 0 Å². The maximum Gasteiger partial charge on any atom is 0.103 e. The lowest BCUT2D eigenvalue weighted by molar-refractivity contribution is 0.320. The highest BCUT2D eigenvalue weighted by atomic mass is 79.9. The smallest absolute Gasteiger partial charge is 0.103 e. The van der Waals surface area contributed by atoms with E-state index in [4.69, 9.17) is 5.21 Å². The fraction of sp³-hybridized carbons (Fsp3) is 0.167. The van der Waals surface area contributed by atoms with Gasteiger partial charge in [0.15, 0.2) is 0 Å². The number of halogens is 1. The molecule has 1 aliphatic carbocycles. The predicted molar refractivity (Wildman–Crippen MR) is 40.0 cm³/mol. The predicted octanol–water partition coefficient (Wildman–Crippen LogP) is 2.06. The van der Waals surface area contributed by atoms with Gasteiger partial charge in [-0.3, -0.25) is 0 Å². The topological polar surface area (TPSA) is 32.6 Å². The summed E-state index contributed by atoms with van der Waals surface area (Å²) in [6.07, 6.45) is 6.36. The highest BCUT2D eigenvalue weighted by Crippen LogP contribution is 2.14. The molecule has 3 heteroatoms. The van der Waals surface area contributed by atoms with Crippen molar-refractivity contribution in [3.8, 4) is 0 Å². The number of rotatable bonds is 0. The first-order valence-electron chi connectivity index (χ1n) is 2.57. The van der Waals surface area contributed by atoms with Gasteiger partial charge in [0, 0.05) is 4.48 Å². The minimum atomic E-state index is 0.591. The van der Waals surface area contributed by atoms with E-state index in [1.165, 1.54) is 0 Å². The lowest BCUT2D eigenvalue weighted by atomic mass is 10.2. The summed E-state index contributed by atoms with van der Waals surface area (Å²) in [4.78, 5) is 0. The fourth-order valence-corrected chi connectivity index (χ4v) is 1.04. The van der Waals surface area contributed by atoms with Gasteiger partial charge in [-0.05, 0) is 18.6 Å². The maximum atomic E-state index is 8.28. The molecule has 1 rings (SSSR count). The van der Waals surface area contributed by atoms with E-state index in [0.717, 1.165) is 10.9 Å². The Kier molecular flexibility index (Phi) is 2.05. The van der Waals surface area contributed by atoms with Crippen LogP contribution in [0.4, 0.5) is 0 Å². The van der Waals surface area contributed by atoms with Crippen molar-refractivity contribution in [1.82, 2.24) is 0 Å². The van der Waals surface area contributed by atoms with E-state index in [1.54, 1.807) is 12.2 Å². The molecule has 48 valence electrons. The second-order valence-corrected chi connectivity index (χ2v) is 2.74. The molecule has 0 radical (unpaired) electrons. The van der Waals surface area contributed by atoms with E-state index in [9.17, 15) is 0 Å². The Hall–Kier alpha value is -0.570. The molecule has 0 heterocycles. The molecule has 0 atom stereocenters. The number of allylic oxidation sites excluding steroid dienone is 4. The largest absolute Gasteiger partial charge is 0.410 e. The molecule has 1 N–H and O–H groups in total. The second-order valence-electron chi connectivity index (χ2n) is 1.72. The minimum Gasteiger partial charge on any atom is -0.410 e. The van der Waals surface area contributed by atoms with E-state index in [0.29, 0.717) is 5.71 Å². The minimum absolute atomic E-state index is 0.591. The lowest BCUT2D eigenvalue weighted by Gasteiger charge is -1.98. The summed E-state index contributed by atoms with van der Waals surface area (Å²) in [6.45, 7) is 0. The van der Waals surface area contributed by atoms with Crippen molar-refractivity contribution in [2.75, 3.05) is 0 Å². The number of hydrogen-bond donors (Lipinski definition) is 1. The molecule has 9 heavy (non-hydrogen) atoms. The Morgan fingerprint density at radius 1 is 1.67 bits per heavy atom. The van der Waals surface area contributed by atoms with Gasteiger partial charge in [-0.25, -0.2) is 0 Å². The Morgan fingerprint density at radius 3 is 2.89 bits per heavy atom. The summed E-state index contributed by atoms with van der Waals surface area (Å²) in [5, 5.41) is 11.3. The molecule has 0 saturated heterocycles. The van der Waals surface area contributed by atoms with Crippen LogP contribution in [0.15, 0.2) is 27.9 Å². The zero-order valence-electron chi connectivity index (χ0n) is 4.71. The third-order valence-corrected chi connectivity index (χ3v) is 1.57. The summed E-state index contributed by atoms with van der Waals surface area (Å²) < 4.78 is 1.04. The molecule has 0 unspecified atom stereocenters. The molecule has 2 nitrogen and oxygen atoms in total. The highest BCUT2D eigenvalue weighted by Gasteiger charge is 1.98. The van der Waals surface area contributed by atoms with Crippen LogP contribution in [0, 0.1) is 0 Å². The maximum absolute atomic E-state index is 8.28. The van der Waals surface area contributed by atoms with E-state index < -0.39 is 0 Å². The highest BCUT2D eigenvalue weighted by molar-refractivity contribution is 9.11. The van der Waals surface area contributed by atoms with Crippen molar-refractivity contribution in [2.45, 2.75) is 6.42 Å². The number of oxime groups is 1. The summed E-state index contributed by atoms with van der Waals surface area (Å²) in [6, 6.07) is 0. The van der Waals surface area contributed by atoms with Gasteiger partial charge < -0.3 is 5.21 Å². The molecule has 0 fully saturated rings. The Balaban J connectivity index is 2.78. The van der Waals surface area contributed by atoms with Crippen LogP contribution in [0.2, 0.25) is 0 Å². The Morgan fingerprint density at radius 2 is 2.44 bits per heavy atom. The monoisotopic (exact) mass is 187 g/mol. The molecule has 0 aromatic heterocycles. The van der Waals surface area contributed by atoms with Crippen LogP contribution in [-0.4, -0.2) is 10.9 Å². The van der Waals surface area contributed by atoms with Crippen molar-refractivity contribution in [1.29, 1.82) is 0 Å². The summed E-state index contributed by atoms with van der Waals surface area (Å²) in [7, 11) is 0. The van der Waals surface area contributed by atoms with Crippen LogP contribution >= 0.6 is 15.9 Å². The van der Waals surface area contributed by atoms with Gasteiger partial charge in [0.05, 0.1) is 0 Å². The first-order valence-corrected chi connectivity index (χ1v) is 3.37. The first-order chi connectivity index (χ1) is 4.33. The SMILES string of the molecule is ON=C1C=CCC(Br)=C1. The van der Waals surface area contributed by atoms with E-state index in [1.807, 2.05) is 6.08 Å². The van der Waals surface area contributed by atoms with Gasteiger partial charge in [-0.15, -0.1) is 0 Å². The van der Waals surface area contributed by atoms with Gasteiger partial charge >= 0.3 is 0 Å². The first kappa shape index (κ1) is 6.55. The molecule has 0 saturated carbocycles. The number of hydrogen-bond acceptors (Lipinski definition) is 2. The van der Waals surface area contributed by atoms with Gasteiger partial charge in [0.2, 0.25) is 0 Å². The lowest BCUT2D eigenvalue weighted by Crippen LogP contribution is -1.92. The molecule has 0 aliphatic heterocycles. The molecule has 0 aromatic carbocycles. The quantitative estimate of drug-likeness (QED) is 0.458. The Labute approximate surface area is 61.7 Å². The van der Waals surface area contributed by atoms with Crippen LogP contribution < -0.4 is 0 Å². The summed E-state index contributed by atoms with van der Waals surface area (Å²) >= 11 is 3.29.